The minimum absolute atomic E-state index is 0.140. The largest absolute Gasteiger partial charge is 0.324 e. The second-order valence-electron chi connectivity index (χ2n) is 6.16. The summed E-state index contributed by atoms with van der Waals surface area (Å²) in [6, 6.07) is 7.26. The van der Waals surface area contributed by atoms with Crippen molar-refractivity contribution in [2.75, 3.05) is 18.4 Å². The number of hydrogen-bond acceptors (Lipinski definition) is 2. The van der Waals surface area contributed by atoms with Crippen molar-refractivity contribution in [1.29, 1.82) is 0 Å². The Morgan fingerprint density at radius 2 is 2.16 bits per heavy atom. The van der Waals surface area contributed by atoms with Crippen molar-refractivity contribution in [3.63, 3.8) is 0 Å². The molecule has 0 saturated carbocycles. The van der Waals surface area contributed by atoms with Crippen LogP contribution in [0.25, 0.3) is 6.08 Å². The number of hydrogen-bond donors (Lipinski definition) is 1. The predicted molar refractivity (Wildman–Crippen MR) is 92.9 cm³/mol. The van der Waals surface area contributed by atoms with Crippen LogP contribution >= 0.6 is 0 Å². The molecule has 0 spiro atoms. The summed E-state index contributed by atoms with van der Waals surface area (Å²) in [7, 11) is 0. The second-order valence-corrected chi connectivity index (χ2v) is 6.16. The van der Waals surface area contributed by atoms with Crippen molar-refractivity contribution in [3.05, 3.63) is 65.5 Å². The first-order valence-corrected chi connectivity index (χ1v) is 8.14. The lowest BCUT2D eigenvalue weighted by atomic mass is 9.91. The molecule has 2 aromatic rings. The zero-order chi connectivity index (χ0) is 17.8. The molecule has 1 saturated heterocycles. The number of pyridine rings is 1. The van der Waals surface area contributed by atoms with E-state index in [-0.39, 0.29) is 11.9 Å². The molecule has 1 aliphatic rings. The van der Waals surface area contributed by atoms with Gasteiger partial charge < -0.3 is 10.2 Å². The summed E-state index contributed by atoms with van der Waals surface area (Å²) >= 11 is 0. The number of halogens is 2. The molecule has 2 heterocycles. The van der Waals surface area contributed by atoms with Crippen LogP contribution in [-0.4, -0.2) is 29.0 Å². The normalized spacial score (nSPS) is 19.1. The van der Waals surface area contributed by atoms with Crippen molar-refractivity contribution in [3.8, 4) is 0 Å². The highest BCUT2D eigenvalue weighted by atomic mass is 19.2. The Morgan fingerprint density at radius 3 is 2.84 bits per heavy atom. The Labute approximate surface area is 145 Å². The van der Waals surface area contributed by atoms with Crippen LogP contribution in [0.4, 0.5) is 19.3 Å². The Kier molecular flexibility index (Phi) is 5.07. The highest BCUT2D eigenvalue weighted by Crippen LogP contribution is 2.26. The molecule has 6 heteroatoms. The molecular formula is C19H19F2N3O. The fourth-order valence-corrected chi connectivity index (χ4v) is 2.90. The molecule has 0 aliphatic carbocycles. The molecule has 1 aliphatic heterocycles. The number of nitrogens with one attached hydrogen (secondary N) is 1. The number of piperidine rings is 1. The van der Waals surface area contributed by atoms with E-state index in [0.29, 0.717) is 30.8 Å². The first-order valence-electron chi connectivity index (χ1n) is 8.14. The van der Waals surface area contributed by atoms with E-state index in [1.54, 1.807) is 35.5 Å². The van der Waals surface area contributed by atoms with E-state index in [9.17, 15) is 13.6 Å². The molecule has 1 atom stereocenters. The first-order chi connectivity index (χ1) is 12.0. The molecule has 1 aromatic heterocycles. The third-order valence-corrected chi connectivity index (χ3v) is 4.29. The van der Waals surface area contributed by atoms with Crippen LogP contribution < -0.4 is 5.32 Å². The lowest BCUT2D eigenvalue weighted by Gasteiger charge is -2.33. The molecule has 25 heavy (non-hydrogen) atoms. The Morgan fingerprint density at radius 1 is 1.32 bits per heavy atom. The fourth-order valence-electron chi connectivity index (χ4n) is 2.90. The number of rotatable bonds is 2. The maximum Gasteiger partial charge on any atom is 0.321 e. The zero-order valence-electron chi connectivity index (χ0n) is 13.9. The Balaban J connectivity index is 1.64. The average Bonchev–Trinajstić information content (AvgIpc) is 2.60. The minimum Gasteiger partial charge on any atom is -0.324 e. The van der Waals surface area contributed by atoms with Crippen LogP contribution in [0.1, 0.15) is 18.9 Å². The van der Waals surface area contributed by atoms with Gasteiger partial charge in [0.1, 0.15) is 0 Å². The molecule has 0 bridgehead atoms. The van der Waals surface area contributed by atoms with Gasteiger partial charge in [-0.1, -0.05) is 24.6 Å². The first kappa shape index (κ1) is 17.1. The maximum absolute atomic E-state index is 13.3. The van der Waals surface area contributed by atoms with Crippen LogP contribution in [0.2, 0.25) is 0 Å². The van der Waals surface area contributed by atoms with Gasteiger partial charge in [0.25, 0.3) is 0 Å². The van der Waals surface area contributed by atoms with Crippen molar-refractivity contribution in [1.82, 2.24) is 9.88 Å². The summed E-state index contributed by atoms with van der Waals surface area (Å²) in [5, 5.41) is 2.82. The van der Waals surface area contributed by atoms with Crippen LogP contribution in [0.15, 0.2) is 48.3 Å². The van der Waals surface area contributed by atoms with Gasteiger partial charge in [-0.15, -0.1) is 0 Å². The molecule has 1 N–H and O–H groups in total. The van der Waals surface area contributed by atoms with Gasteiger partial charge in [-0.2, -0.15) is 0 Å². The van der Waals surface area contributed by atoms with Crippen molar-refractivity contribution >= 4 is 17.8 Å². The van der Waals surface area contributed by atoms with Crippen molar-refractivity contribution in [2.45, 2.75) is 13.3 Å². The molecule has 1 fully saturated rings. The molecular weight excluding hydrogens is 324 g/mol. The van der Waals surface area contributed by atoms with Crippen LogP contribution in [-0.2, 0) is 0 Å². The highest BCUT2D eigenvalue weighted by Gasteiger charge is 2.24. The summed E-state index contributed by atoms with van der Waals surface area (Å²) in [6.07, 6.45) is 5.82. The number of nitrogens with zero attached hydrogens (tertiary/aromatic N) is 2. The van der Waals surface area contributed by atoms with E-state index < -0.39 is 11.6 Å². The third-order valence-electron chi connectivity index (χ3n) is 4.29. The van der Waals surface area contributed by atoms with Gasteiger partial charge in [-0.25, -0.2) is 13.6 Å². The summed E-state index contributed by atoms with van der Waals surface area (Å²) < 4.78 is 26.4. The number of carbonyl (C=O) groups excluding carboxylic acids is 1. The number of carbonyl (C=O) groups is 1. The van der Waals surface area contributed by atoms with Gasteiger partial charge >= 0.3 is 6.03 Å². The molecule has 130 valence electrons. The molecule has 1 unspecified atom stereocenters. The number of benzene rings is 1. The smallest absolute Gasteiger partial charge is 0.321 e. The van der Waals surface area contributed by atoms with E-state index in [2.05, 4.69) is 10.3 Å². The van der Waals surface area contributed by atoms with Gasteiger partial charge in [0, 0.05) is 19.3 Å². The molecule has 2 amide bonds. The lowest BCUT2D eigenvalue weighted by Crippen LogP contribution is -2.42. The van der Waals surface area contributed by atoms with Gasteiger partial charge in [0.15, 0.2) is 11.6 Å². The standard InChI is InChI=1S/C19H19F2N3O/c1-13-12-24(19(25)23-16-3-2-7-22-11-16)8-6-15(13)9-14-4-5-17(20)18(21)10-14/h2-5,7,9-11,13H,6,8,12H2,1H3,(H,23,25)/b15-9+. The van der Waals surface area contributed by atoms with E-state index in [4.69, 9.17) is 0 Å². The van der Waals surface area contributed by atoms with Gasteiger partial charge in [-0.05, 0) is 42.2 Å². The van der Waals surface area contributed by atoms with Gasteiger partial charge in [0.2, 0.25) is 0 Å². The van der Waals surface area contributed by atoms with Crippen molar-refractivity contribution in [2.24, 2.45) is 5.92 Å². The molecule has 4 nitrogen and oxygen atoms in total. The van der Waals surface area contributed by atoms with Gasteiger partial charge in [0.05, 0.1) is 11.9 Å². The van der Waals surface area contributed by atoms with Crippen LogP contribution in [0.3, 0.4) is 0 Å². The fraction of sp³-hybridized carbons (Fsp3) is 0.263. The predicted octanol–water partition coefficient (Wildman–Crippen LogP) is 4.32. The lowest BCUT2D eigenvalue weighted by molar-refractivity contribution is 0.198. The molecule has 0 radical (unpaired) electrons. The van der Waals surface area contributed by atoms with E-state index in [1.807, 2.05) is 13.0 Å². The monoisotopic (exact) mass is 343 g/mol. The second kappa shape index (κ2) is 7.42. The number of anilines is 1. The Bertz CT molecular complexity index is 793. The quantitative estimate of drug-likeness (QED) is 0.883. The average molecular weight is 343 g/mol. The SMILES string of the molecule is CC1CN(C(=O)Nc2cccnc2)CC/C1=C\c1ccc(F)c(F)c1. The van der Waals surface area contributed by atoms with Crippen molar-refractivity contribution < 1.29 is 13.6 Å². The summed E-state index contributed by atoms with van der Waals surface area (Å²) in [4.78, 5) is 18.1. The van der Waals surface area contributed by atoms with E-state index >= 15 is 0 Å². The number of amides is 2. The van der Waals surface area contributed by atoms with E-state index in [1.165, 1.54) is 6.07 Å². The van der Waals surface area contributed by atoms with Crippen LogP contribution in [0.5, 0.6) is 0 Å². The summed E-state index contributed by atoms with van der Waals surface area (Å²) in [5.41, 5.74) is 2.41. The molecule has 1 aromatic carbocycles. The highest BCUT2D eigenvalue weighted by molar-refractivity contribution is 5.89. The number of urea groups is 1. The minimum atomic E-state index is -0.852. The van der Waals surface area contributed by atoms with E-state index in [0.717, 1.165) is 11.6 Å². The summed E-state index contributed by atoms with van der Waals surface area (Å²) in [5.74, 6) is -1.56. The maximum atomic E-state index is 13.3. The topological polar surface area (TPSA) is 45.2 Å². The van der Waals surface area contributed by atoms with Crippen LogP contribution in [0, 0.1) is 17.6 Å². The number of likely N-dealkylation sites (tertiary alicyclic amines) is 1. The third kappa shape index (κ3) is 4.21. The molecule has 3 rings (SSSR count). The number of aromatic nitrogens is 1. The Hall–Kier alpha value is -2.76. The zero-order valence-corrected chi connectivity index (χ0v) is 13.9. The summed E-state index contributed by atoms with van der Waals surface area (Å²) in [6.45, 7) is 3.17. The van der Waals surface area contributed by atoms with Gasteiger partial charge in [-0.3, -0.25) is 4.98 Å².